The number of benzene rings is 1. The summed E-state index contributed by atoms with van der Waals surface area (Å²) in [5.41, 5.74) is 11.3. The van der Waals surface area contributed by atoms with Gasteiger partial charge in [0, 0.05) is 26.8 Å². The summed E-state index contributed by atoms with van der Waals surface area (Å²) >= 11 is 0. The molecule has 1 aromatic rings. The molecule has 1 atom stereocenters. The fourth-order valence-corrected chi connectivity index (χ4v) is 2.03. The lowest BCUT2D eigenvalue weighted by atomic mass is 9.89. The van der Waals surface area contributed by atoms with Crippen LogP contribution in [0.25, 0.3) is 0 Å². The summed E-state index contributed by atoms with van der Waals surface area (Å²) in [5.74, 6) is -0.516. The first-order valence-electron chi connectivity index (χ1n) is 6.32. The summed E-state index contributed by atoms with van der Waals surface area (Å²) in [7, 11) is 3.59. The maximum Gasteiger partial charge on any atom is 0.243 e. The highest BCUT2D eigenvalue weighted by Gasteiger charge is 2.34. The number of nitrogens with two attached hydrogens (primary N) is 2. The number of rotatable bonds is 8. The van der Waals surface area contributed by atoms with Gasteiger partial charge in [0.05, 0.1) is 0 Å². The van der Waals surface area contributed by atoms with Crippen LogP contribution in [0.15, 0.2) is 30.3 Å². The number of hydrogen-bond donors (Lipinski definition) is 2. The van der Waals surface area contributed by atoms with E-state index in [4.69, 9.17) is 16.2 Å². The lowest BCUT2D eigenvalue weighted by molar-refractivity contribution is -0.124. The van der Waals surface area contributed by atoms with E-state index in [-0.39, 0.29) is 0 Å². The molecule has 0 saturated heterocycles. The van der Waals surface area contributed by atoms with Crippen LogP contribution in [0, 0.1) is 0 Å². The van der Waals surface area contributed by atoms with E-state index in [1.807, 2.05) is 42.3 Å². The van der Waals surface area contributed by atoms with Crippen molar-refractivity contribution in [3.63, 3.8) is 0 Å². The van der Waals surface area contributed by atoms with Crippen molar-refractivity contribution in [1.29, 1.82) is 0 Å². The first kappa shape index (κ1) is 15.6. The molecule has 0 bridgehead atoms. The van der Waals surface area contributed by atoms with Gasteiger partial charge in [0.25, 0.3) is 0 Å². The number of nitrogens with zero attached hydrogens (tertiary/aromatic N) is 1. The average Bonchev–Trinajstić information content (AvgIpc) is 2.39. The minimum atomic E-state index is -1.16. The number of methoxy groups -OCH3 is 1. The van der Waals surface area contributed by atoms with Crippen LogP contribution < -0.4 is 11.5 Å². The van der Waals surface area contributed by atoms with Gasteiger partial charge in [0.15, 0.2) is 0 Å². The van der Waals surface area contributed by atoms with Gasteiger partial charge in [0.2, 0.25) is 5.91 Å². The molecule has 0 heterocycles. The van der Waals surface area contributed by atoms with Crippen LogP contribution in [0.5, 0.6) is 0 Å². The van der Waals surface area contributed by atoms with E-state index < -0.39 is 11.4 Å². The molecular formula is C14H23N3O2. The normalized spacial score (nSPS) is 14.3. The van der Waals surface area contributed by atoms with Gasteiger partial charge in [-0.1, -0.05) is 30.3 Å². The number of likely N-dealkylation sites (N-methyl/N-ethyl adjacent to an activating group) is 1. The van der Waals surface area contributed by atoms with Gasteiger partial charge in [-0.25, -0.2) is 0 Å². The van der Waals surface area contributed by atoms with E-state index in [0.29, 0.717) is 13.2 Å². The zero-order chi connectivity index (χ0) is 14.3. The highest BCUT2D eigenvalue weighted by Crippen LogP contribution is 2.19. The second kappa shape index (κ2) is 7.23. The molecule has 0 radical (unpaired) electrons. The molecule has 0 saturated carbocycles. The number of carbonyl (C=O) groups is 1. The van der Waals surface area contributed by atoms with Gasteiger partial charge < -0.3 is 21.1 Å². The molecule has 1 unspecified atom stereocenters. The summed E-state index contributed by atoms with van der Waals surface area (Å²) < 4.78 is 5.00. The molecule has 0 aliphatic carbocycles. The molecule has 5 heteroatoms. The molecule has 0 aliphatic heterocycles. The Morgan fingerprint density at radius 2 is 2.00 bits per heavy atom. The Bertz CT molecular complexity index is 397. The summed E-state index contributed by atoms with van der Waals surface area (Å²) in [6.45, 7) is 1.87. The van der Waals surface area contributed by atoms with Crippen LogP contribution in [0.4, 0.5) is 0 Å². The van der Waals surface area contributed by atoms with Crippen LogP contribution in [-0.2, 0) is 15.1 Å². The lowest BCUT2D eigenvalue weighted by Crippen LogP contribution is -2.55. The third-order valence-electron chi connectivity index (χ3n) is 3.14. The molecule has 0 aromatic heterocycles. The van der Waals surface area contributed by atoms with E-state index in [1.54, 1.807) is 7.11 Å². The highest BCUT2D eigenvalue weighted by molar-refractivity contribution is 5.86. The molecule has 1 amide bonds. The second-order valence-corrected chi connectivity index (χ2v) is 4.79. The van der Waals surface area contributed by atoms with Crippen LogP contribution in [0.1, 0.15) is 12.0 Å². The van der Waals surface area contributed by atoms with E-state index in [1.165, 1.54) is 0 Å². The summed E-state index contributed by atoms with van der Waals surface area (Å²) in [6, 6.07) is 9.24. The predicted molar refractivity (Wildman–Crippen MR) is 75.5 cm³/mol. The van der Waals surface area contributed by atoms with Crippen LogP contribution in [0.3, 0.4) is 0 Å². The molecule has 0 spiro atoms. The van der Waals surface area contributed by atoms with Crippen molar-refractivity contribution in [2.75, 3.05) is 33.9 Å². The predicted octanol–water partition coefficient (Wildman–Crippen LogP) is 0.294. The number of ether oxygens (including phenoxy) is 1. The molecule has 1 rings (SSSR count). The SMILES string of the molecule is COCCCN(C)CC(N)(C(N)=O)c1ccccc1. The molecule has 0 aliphatic rings. The number of hydrogen-bond acceptors (Lipinski definition) is 4. The van der Waals surface area contributed by atoms with Crippen molar-refractivity contribution < 1.29 is 9.53 Å². The number of carbonyl (C=O) groups excluding carboxylic acids is 1. The summed E-state index contributed by atoms with van der Waals surface area (Å²) in [6.07, 6.45) is 0.886. The largest absolute Gasteiger partial charge is 0.385 e. The van der Waals surface area contributed by atoms with Gasteiger partial charge in [-0.3, -0.25) is 4.79 Å². The van der Waals surface area contributed by atoms with E-state index in [2.05, 4.69) is 0 Å². The van der Waals surface area contributed by atoms with Crippen LogP contribution >= 0.6 is 0 Å². The molecule has 0 fully saturated rings. The zero-order valence-electron chi connectivity index (χ0n) is 11.6. The molecule has 4 N–H and O–H groups in total. The average molecular weight is 265 g/mol. The summed E-state index contributed by atoms with van der Waals surface area (Å²) in [5, 5.41) is 0. The Balaban J connectivity index is 2.75. The lowest BCUT2D eigenvalue weighted by Gasteiger charge is -2.31. The van der Waals surface area contributed by atoms with E-state index >= 15 is 0 Å². The fraction of sp³-hybridized carbons (Fsp3) is 0.500. The van der Waals surface area contributed by atoms with E-state index in [0.717, 1.165) is 18.5 Å². The maximum absolute atomic E-state index is 11.7. The molecule has 5 nitrogen and oxygen atoms in total. The van der Waals surface area contributed by atoms with Crippen molar-refractivity contribution in [2.45, 2.75) is 12.0 Å². The maximum atomic E-state index is 11.7. The Labute approximate surface area is 114 Å². The fourth-order valence-electron chi connectivity index (χ4n) is 2.03. The number of amides is 1. The second-order valence-electron chi connectivity index (χ2n) is 4.79. The third-order valence-corrected chi connectivity index (χ3v) is 3.14. The van der Waals surface area contributed by atoms with Gasteiger partial charge in [-0.2, -0.15) is 0 Å². The highest BCUT2D eigenvalue weighted by atomic mass is 16.5. The third kappa shape index (κ3) is 4.31. The topological polar surface area (TPSA) is 81.6 Å². The Hall–Kier alpha value is -1.43. The van der Waals surface area contributed by atoms with Crippen LogP contribution in [0.2, 0.25) is 0 Å². The molecule has 106 valence electrons. The zero-order valence-corrected chi connectivity index (χ0v) is 11.6. The minimum absolute atomic E-state index is 0.385. The first-order valence-corrected chi connectivity index (χ1v) is 6.32. The van der Waals surface area contributed by atoms with E-state index in [9.17, 15) is 4.79 Å². The summed E-state index contributed by atoms with van der Waals surface area (Å²) in [4.78, 5) is 13.7. The van der Waals surface area contributed by atoms with Gasteiger partial charge in [-0.15, -0.1) is 0 Å². The van der Waals surface area contributed by atoms with Crippen molar-refractivity contribution in [1.82, 2.24) is 4.90 Å². The Kier molecular flexibility index (Phi) is 5.95. The Morgan fingerprint density at radius 1 is 1.37 bits per heavy atom. The minimum Gasteiger partial charge on any atom is -0.385 e. The van der Waals surface area contributed by atoms with Gasteiger partial charge in [0.1, 0.15) is 5.54 Å². The van der Waals surface area contributed by atoms with Crippen LogP contribution in [-0.4, -0.2) is 44.7 Å². The van der Waals surface area contributed by atoms with Gasteiger partial charge in [-0.05, 0) is 19.0 Å². The van der Waals surface area contributed by atoms with Crippen molar-refractivity contribution in [3.05, 3.63) is 35.9 Å². The Morgan fingerprint density at radius 3 is 2.53 bits per heavy atom. The monoisotopic (exact) mass is 265 g/mol. The molecule has 19 heavy (non-hydrogen) atoms. The first-order chi connectivity index (χ1) is 9.00. The van der Waals surface area contributed by atoms with Crippen molar-refractivity contribution >= 4 is 5.91 Å². The smallest absolute Gasteiger partial charge is 0.243 e. The van der Waals surface area contributed by atoms with Gasteiger partial charge >= 0.3 is 0 Å². The number of primary amides is 1. The standard InChI is InChI=1S/C14H23N3O2/c1-17(9-6-10-19-2)11-14(16,13(15)18)12-7-4-3-5-8-12/h3-5,7-8H,6,9-11,16H2,1-2H3,(H2,15,18). The quantitative estimate of drug-likeness (QED) is 0.662. The van der Waals surface area contributed by atoms with Crippen molar-refractivity contribution in [3.8, 4) is 0 Å². The molecular weight excluding hydrogens is 242 g/mol. The molecule has 1 aromatic carbocycles. The van der Waals surface area contributed by atoms with Crippen molar-refractivity contribution in [2.24, 2.45) is 11.5 Å².